The number of hydrogen-bond acceptors (Lipinski definition) is 3. The predicted octanol–water partition coefficient (Wildman–Crippen LogP) is 4.77. The lowest BCUT2D eigenvalue weighted by atomic mass is 10.0. The van der Waals surface area contributed by atoms with Crippen LogP contribution < -0.4 is 10.1 Å². The average molecular weight is 333 g/mol. The molecule has 1 atom stereocenters. The molecule has 4 heteroatoms. The van der Waals surface area contributed by atoms with Crippen molar-refractivity contribution in [1.82, 2.24) is 0 Å². The van der Waals surface area contributed by atoms with Gasteiger partial charge in [0.05, 0.1) is 6.10 Å². The molecule has 1 aliphatic rings. The number of aryl methyl sites for hydroxylation is 2. The summed E-state index contributed by atoms with van der Waals surface area (Å²) >= 11 is 0. The quantitative estimate of drug-likeness (QED) is 0.782. The van der Waals surface area contributed by atoms with Gasteiger partial charge >= 0.3 is 0 Å². The Labute approximate surface area is 145 Å². The second kappa shape index (κ2) is 8.02. The van der Waals surface area contributed by atoms with Crippen molar-refractivity contribution in [3.63, 3.8) is 0 Å². The lowest BCUT2D eigenvalue weighted by Gasteiger charge is -2.28. The minimum absolute atomic E-state index is 0.0174. The summed E-state index contributed by atoms with van der Waals surface area (Å²) in [6.45, 7) is 10.7. The summed E-state index contributed by atoms with van der Waals surface area (Å²) in [5.74, 6) is 0.902. The third kappa shape index (κ3) is 4.10. The van der Waals surface area contributed by atoms with Gasteiger partial charge in [-0.2, -0.15) is 0 Å². The van der Waals surface area contributed by atoms with Crippen LogP contribution in [-0.2, 0) is 9.53 Å². The van der Waals surface area contributed by atoms with E-state index in [0.29, 0.717) is 6.61 Å². The molecule has 2 rings (SSSR count). The highest BCUT2D eigenvalue weighted by Crippen LogP contribution is 2.35. The summed E-state index contributed by atoms with van der Waals surface area (Å²) in [6.07, 6.45) is 4.86. The maximum absolute atomic E-state index is 12.8. The third-order valence-electron chi connectivity index (χ3n) is 4.86. The Morgan fingerprint density at radius 1 is 1.21 bits per heavy atom. The minimum atomic E-state index is -0.650. The number of carbonyl (C=O) groups is 1. The number of rotatable bonds is 7. The van der Waals surface area contributed by atoms with Crippen molar-refractivity contribution < 1.29 is 14.3 Å². The maximum atomic E-state index is 12.8. The molecule has 0 unspecified atom stereocenters. The Morgan fingerprint density at radius 3 is 2.29 bits per heavy atom. The molecule has 4 nitrogen and oxygen atoms in total. The average Bonchev–Trinajstić information content (AvgIpc) is 3.01. The van der Waals surface area contributed by atoms with Crippen LogP contribution in [0.4, 0.5) is 5.69 Å². The molecule has 134 valence electrons. The van der Waals surface area contributed by atoms with Gasteiger partial charge in [-0.15, -0.1) is 0 Å². The monoisotopic (exact) mass is 333 g/mol. The molecule has 1 aromatic carbocycles. The fraction of sp³-hybridized carbons (Fsp3) is 0.650. The maximum Gasteiger partial charge on any atom is 0.256 e. The Hall–Kier alpha value is -1.55. The van der Waals surface area contributed by atoms with E-state index in [0.717, 1.165) is 54.7 Å². The van der Waals surface area contributed by atoms with Crippen LogP contribution in [0, 0.1) is 13.8 Å². The van der Waals surface area contributed by atoms with Gasteiger partial charge in [0.15, 0.2) is 0 Å². The highest BCUT2D eigenvalue weighted by atomic mass is 16.5. The van der Waals surface area contributed by atoms with Gasteiger partial charge in [-0.3, -0.25) is 4.79 Å². The van der Waals surface area contributed by atoms with Crippen molar-refractivity contribution in [1.29, 1.82) is 0 Å². The Balaban J connectivity index is 2.16. The van der Waals surface area contributed by atoms with Crippen molar-refractivity contribution >= 4 is 11.6 Å². The molecule has 0 radical (unpaired) electrons. The van der Waals surface area contributed by atoms with Gasteiger partial charge in [0.25, 0.3) is 5.91 Å². The molecule has 0 spiro atoms. The molecular weight excluding hydrogens is 302 g/mol. The molecule has 1 N–H and O–H groups in total. The van der Waals surface area contributed by atoms with E-state index >= 15 is 0 Å². The SMILES string of the molecule is CCOC1(C(=O)Nc2cc(C)c(O[C@H](C)CC)c(C)c2)CCCC1. The number of ether oxygens (including phenoxy) is 2. The molecule has 1 amide bonds. The van der Waals surface area contributed by atoms with E-state index in [2.05, 4.69) is 19.2 Å². The number of carbonyl (C=O) groups excluding carboxylic acids is 1. The molecule has 0 saturated heterocycles. The molecule has 1 saturated carbocycles. The standard InChI is InChI=1S/C20H31NO3/c1-6-16(5)24-18-14(3)12-17(13-15(18)4)21-19(22)20(23-7-2)10-8-9-11-20/h12-13,16H,6-11H2,1-5H3,(H,21,22)/t16-/m1/s1. The summed E-state index contributed by atoms with van der Waals surface area (Å²) in [5.41, 5.74) is 2.25. The van der Waals surface area contributed by atoms with Gasteiger partial charge in [-0.25, -0.2) is 0 Å². The smallest absolute Gasteiger partial charge is 0.256 e. The van der Waals surface area contributed by atoms with Crippen molar-refractivity contribution in [2.75, 3.05) is 11.9 Å². The second-order valence-electron chi connectivity index (χ2n) is 6.86. The topological polar surface area (TPSA) is 47.6 Å². The van der Waals surface area contributed by atoms with Crippen LogP contribution in [0.2, 0.25) is 0 Å². The molecule has 24 heavy (non-hydrogen) atoms. The number of amides is 1. The van der Waals surface area contributed by atoms with Gasteiger partial charge in [0.2, 0.25) is 0 Å². The zero-order valence-corrected chi connectivity index (χ0v) is 15.7. The lowest BCUT2D eigenvalue weighted by Crippen LogP contribution is -2.43. The fourth-order valence-electron chi connectivity index (χ4n) is 3.40. The summed E-state index contributed by atoms with van der Waals surface area (Å²) in [4.78, 5) is 12.8. The van der Waals surface area contributed by atoms with Gasteiger partial charge in [0, 0.05) is 12.3 Å². The van der Waals surface area contributed by atoms with E-state index in [-0.39, 0.29) is 12.0 Å². The first-order valence-corrected chi connectivity index (χ1v) is 9.15. The van der Waals surface area contributed by atoms with Gasteiger partial charge in [-0.05, 0) is 83.1 Å². The molecule has 1 aliphatic carbocycles. The molecule has 0 aromatic heterocycles. The predicted molar refractivity (Wildman–Crippen MR) is 97.8 cm³/mol. The zero-order chi connectivity index (χ0) is 17.7. The Bertz CT molecular complexity index is 553. The van der Waals surface area contributed by atoms with Crippen molar-refractivity contribution in [2.45, 2.75) is 78.4 Å². The van der Waals surface area contributed by atoms with Crippen LogP contribution in [0.25, 0.3) is 0 Å². The highest BCUT2D eigenvalue weighted by molar-refractivity contribution is 5.97. The number of anilines is 1. The van der Waals surface area contributed by atoms with Crippen molar-refractivity contribution in [2.24, 2.45) is 0 Å². The van der Waals surface area contributed by atoms with Crippen LogP contribution in [0.1, 0.15) is 64.0 Å². The van der Waals surface area contributed by atoms with Crippen LogP contribution in [0.3, 0.4) is 0 Å². The second-order valence-corrected chi connectivity index (χ2v) is 6.86. The van der Waals surface area contributed by atoms with Crippen LogP contribution in [0.5, 0.6) is 5.75 Å². The van der Waals surface area contributed by atoms with Gasteiger partial charge in [0.1, 0.15) is 11.4 Å². The van der Waals surface area contributed by atoms with E-state index in [1.807, 2.05) is 32.9 Å². The number of benzene rings is 1. The molecule has 1 fully saturated rings. The zero-order valence-electron chi connectivity index (χ0n) is 15.7. The molecule has 0 aliphatic heterocycles. The lowest BCUT2D eigenvalue weighted by molar-refractivity contribution is -0.140. The molecule has 1 aromatic rings. The van der Waals surface area contributed by atoms with E-state index in [4.69, 9.17) is 9.47 Å². The summed E-state index contributed by atoms with van der Waals surface area (Å²) in [6, 6.07) is 3.97. The first-order valence-electron chi connectivity index (χ1n) is 9.15. The molecular formula is C20H31NO3. The third-order valence-corrected chi connectivity index (χ3v) is 4.86. The fourth-order valence-corrected chi connectivity index (χ4v) is 3.40. The van der Waals surface area contributed by atoms with Crippen LogP contribution in [-0.4, -0.2) is 24.2 Å². The van der Waals surface area contributed by atoms with Crippen molar-refractivity contribution in [3.05, 3.63) is 23.3 Å². The summed E-state index contributed by atoms with van der Waals surface area (Å²) < 4.78 is 11.8. The van der Waals surface area contributed by atoms with Crippen molar-refractivity contribution in [3.8, 4) is 5.75 Å². The van der Waals surface area contributed by atoms with Crippen LogP contribution >= 0.6 is 0 Å². The molecule has 0 bridgehead atoms. The Kier molecular flexibility index (Phi) is 6.27. The van der Waals surface area contributed by atoms with E-state index in [1.54, 1.807) is 0 Å². The molecule has 0 heterocycles. The normalized spacial score (nSPS) is 17.5. The van der Waals surface area contributed by atoms with E-state index < -0.39 is 5.60 Å². The Morgan fingerprint density at radius 2 is 1.79 bits per heavy atom. The number of nitrogens with one attached hydrogen (secondary N) is 1. The number of hydrogen-bond donors (Lipinski definition) is 1. The summed E-state index contributed by atoms with van der Waals surface area (Å²) in [5, 5.41) is 3.07. The minimum Gasteiger partial charge on any atom is -0.490 e. The van der Waals surface area contributed by atoms with E-state index in [9.17, 15) is 4.79 Å². The van der Waals surface area contributed by atoms with Gasteiger partial charge < -0.3 is 14.8 Å². The largest absolute Gasteiger partial charge is 0.490 e. The highest BCUT2D eigenvalue weighted by Gasteiger charge is 2.42. The van der Waals surface area contributed by atoms with Crippen LogP contribution in [0.15, 0.2) is 12.1 Å². The summed E-state index contributed by atoms with van der Waals surface area (Å²) in [7, 11) is 0. The first-order chi connectivity index (χ1) is 11.4. The van der Waals surface area contributed by atoms with E-state index in [1.165, 1.54) is 0 Å². The van der Waals surface area contributed by atoms with Gasteiger partial charge in [-0.1, -0.05) is 6.92 Å². The first kappa shape index (κ1) is 18.8.